The Morgan fingerprint density at radius 3 is 1.68 bits per heavy atom. The second kappa shape index (κ2) is 13.8. The first kappa shape index (κ1) is 33.1. The molecule has 0 aliphatic rings. The average Bonchev–Trinajstić information content (AvgIpc) is 3.74. The third-order valence-electron chi connectivity index (χ3n) is 10.9. The van der Waals surface area contributed by atoms with E-state index in [4.69, 9.17) is 15.0 Å². The van der Waals surface area contributed by atoms with Gasteiger partial charge in [0.1, 0.15) is 5.01 Å². The predicted octanol–water partition coefficient (Wildman–Crippen LogP) is 14.5. The SMILES string of the molecule is c1ccc(-c2nc3c(cc(-c4ccc(-c5ccc6ccccc6c5-c5ccc(-c6nc(-c7ccccc7)c7ccccc7n6)cc5)cc4)c4ccccc43)s2)cc1. The van der Waals surface area contributed by atoms with E-state index in [-0.39, 0.29) is 0 Å². The lowest BCUT2D eigenvalue weighted by Gasteiger charge is -2.16. The minimum atomic E-state index is 0.716. The molecule has 0 aliphatic heterocycles. The summed E-state index contributed by atoms with van der Waals surface area (Å²) in [6.45, 7) is 0. The molecule has 0 amide bonds. The van der Waals surface area contributed by atoms with Gasteiger partial charge in [0.15, 0.2) is 5.82 Å². The van der Waals surface area contributed by atoms with Crippen molar-refractivity contribution in [1.82, 2.24) is 15.0 Å². The van der Waals surface area contributed by atoms with Crippen LogP contribution in [-0.4, -0.2) is 15.0 Å². The second-order valence-corrected chi connectivity index (χ2v) is 15.4. The molecule has 0 bridgehead atoms. The summed E-state index contributed by atoms with van der Waals surface area (Å²) in [4.78, 5) is 15.3. The van der Waals surface area contributed by atoms with Crippen LogP contribution < -0.4 is 0 Å². The van der Waals surface area contributed by atoms with Crippen LogP contribution in [0.2, 0.25) is 0 Å². The number of para-hydroxylation sites is 1. The molecule has 9 aromatic carbocycles. The first-order valence-electron chi connectivity index (χ1n) is 19.2. The molecule has 2 heterocycles. The number of hydrogen-bond donors (Lipinski definition) is 0. The molecule has 0 atom stereocenters. The quantitative estimate of drug-likeness (QED) is 0.170. The smallest absolute Gasteiger partial charge is 0.160 e. The summed E-state index contributed by atoms with van der Waals surface area (Å²) in [7, 11) is 0. The highest BCUT2D eigenvalue weighted by Gasteiger charge is 2.17. The third kappa shape index (κ3) is 5.86. The van der Waals surface area contributed by atoms with Crippen molar-refractivity contribution >= 4 is 54.0 Å². The van der Waals surface area contributed by atoms with E-state index in [0.29, 0.717) is 5.82 Å². The molecule has 0 unspecified atom stereocenters. The van der Waals surface area contributed by atoms with Crippen LogP contribution in [-0.2, 0) is 0 Å². The highest BCUT2D eigenvalue weighted by Crippen LogP contribution is 2.42. The molecule has 2 aromatic heterocycles. The molecule has 0 saturated heterocycles. The molecule has 0 N–H and O–H groups in total. The van der Waals surface area contributed by atoms with Crippen molar-refractivity contribution in [2.24, 2.45) is 0 Å². The topological polar surface area (TPSA) is 38.7 Å². The summed E-state index contributed by atoms with van der Waals surface area (Å²) in [6, 6.07) is 71.1. The fraction of sp³-hybridized carbons (Fsp3) is 0. The molecular weight excluding hydrogens is 711 g/mol. The number of nitrogens with zero attached hydrogens (tertiary/aromatic N) is 3. The van der Waals surface area contributed by atoms with E-state index in [9.17, 15) is 0 Å². The lowest BCUT2D eigenvalue weighted by atomic mass is 9.88. The van der Waals surface area contributed by atoms with Crippen LogP contribution in [0.3, 0.4) is 0 Å². The van der Waals surface area contributed by atoms with Crippen molar-refractivity contribution in [2.45, 2.75) is 0 Å². The molecule has 0 spiro atoms. The van der Waals surface area contributed by atoms with Crippen LogP contribution in [0.1, 0.15) is 0 Å². The van der Waals surface area contributed by atoms with Gasteiger partial charge in [-0.2, -0.15) is 0 Å². The van der Waals surface area contributed by atoms with Gasteiger partial charge in [-0.15, -0.1) is 11.3 Å². The van der Waals surface area contributed by atoms with Crippen molar-refractivity contribution in [2.75, 3.05) is 0 Å². The highest BCUT2D eigenvalue weighted by atomic mass is 32.1. The van der Waals surface area contributed by atoms with Gasteiger partial charge in [-0.25, -0.2) is 15.0 Å². The van der Waals surface area contributed by atoms with E-state index >= 15 is 0 Å². The molecular formula is C53H33N3S. The molecule has 0 aliphatic carbocycles. The normalized spacial score (nSPS) is 11.5. The highest BCUT2D eigenvalue weighted by molar-refractivity contribution is 7.21. The number of fused-ring (bicyclic) bond motifs is 5. The van der Waals surface area contributed by atoms with E-state index in [1.54, 1.807) is 11.3 Å². The molecule has 0 saturated carbocycles. The molecule has 57 heavy (non-hydrogen) atoms. The van der Waals surface area contributed by atoms with Crippen LogP contribution in [0.5, 0.6) is 0 Å². The molecule has 11 aromatic rings. The van der Waals surface area contributed by atoms with Gasteiger partial charge in [0.05, 0.1) is 21.4 Å². The average molecular weight is 744 g/mol. The number of thiazole rings is 1. The lowest BCUT2D eigenvalue weighted by Crippen LogP contribution is -1.95. The Balaban J connectivity index is 0.996. The first-order valence-corrected chi connectivity index (χ1v) is 20.0. The van der Waals surface area contributed by atoms with Gasteiger partial charge in [-0.3, -0.25) is 0 Å². The Bertz CT molecular complexity index is 3260. The van der Waals surface area contributed by atoms with Gasteiger partial charge < -0.3 is 0 Å². The van der Waals surface area contributed by atoms with E-state index in [2.05, 4.69) is 182 Å². The summed E-state index contributed by atoms with van der Waals surface area (Å²) in [5.41, 5.74) is 13.3. The van der Waals surface area contributed by atoms with Crippen LogP contribution in [0.4, 0.5) is 0 Å². The number of hydrogen-bond acceptors (Lipinski definition) is 4. The Morgan fingerprint density at radius 1 is 0.351 bits per heavy atom. The van der Waals surface area contributed by atoms with E-state index in [0.717, 1.165) is 49.4 Å². The summed E-state index contributed by atoms with van der Waals surface area (Å²) >= 11 is 1.76. The van der Waals surface area contributed by atoms with Gasteiger partial charge in [-0.1, -0.05) is 188 Å². The van der Waals surface area contributed by atoms with Crippen LogP contribution in [0, 0.1) is 0 Å². The number of aromatic nitrogens is 3. The van der Waals surface area contributed by atoms with Crippen molar-refractivity contribution in [3.63, 3.8) is 0 Å². The van der Waals surface area contributed by atoms with Gasteiger partial charge >= 0.3 is 0 Å². The fourth-order valence-corrected chi connectivity index (χ4v) is 9.19. The molecule has 4 heteroatoms. The van der Waals surface area contributed by atoms with Crippen LogP contribution in [0.25, 0.3) is 109 Å². The summed E-state index contributed by atoms with van der Waals surface area (Å²) in [6.07, 6.45) is 0. The standard InChI is InChI=1S/C53H33N3S/c1-3-14-38(15-4-1)50-45-21-11-12-22-47(45)54-52(55-50)39-29-27-37(28-30-39)49-41-18-8-7-13-34(41)31-32-42(49)35-23-25-36(26-24-35)46-33-48-51(44-20-10-9-19-43(44)46)56-53(57-48)40-16-5-2-6-17-40/h1-33H. The molecule has 266 valence electrons. The Morgan fingerprint density at radius 2 is 0.930 bits per heavy atom. The van der Waals surface area contributed by atoms with Crippen molar-refractivity contribution in [1.29, 1.82) is 0 Å². The Hall–Kier alpha value is -7.27. The zero-order valence-corrected chi connectivity index (χ0v) is 31.6. The summed E-state index contributed by atoms with van der Waals surface area (Å²) in [5, 5.41) is 6.91. The van der Waals surface area contributed by atoms with E-state index in [1.807, 2.05) is 18.2 Å². The maximum absolute atomic E-state index is 5.13. The van der Waals surface area contributed by atoms with Crippen molar-refractivity contribution < 1.29 is 0 Å². The van der Waals surface area contributed by atoms with Crippen molar-refractivity contribution in [3.8, 4) is 66.6 Å². The molecule has 0 fully saturated rings. The van der Waals surface area contributed by atoms with Crippen LogP contribution >= 0.6 is 11.3 Å². The predicted molar refractivity (Wildman–Crippen MR) is 240 cm³/mol. The fourth-order valence-electron chi connectivity index (χ4n) is 8.16. The van der Waals surface area contributed by atoms with Gasteiger partial charge in [-0.05, 0) is 61.7 Å². The minimum absolute atomic E-state index is 0.716. The Labute approximate surface area is 334 Å². The zero-order valence-electron chi connectivity index (χ0n) is 30.8. The maximum Gasteiger partial charge on any atom is 0.160 e. The summed E-state index contributed by atoms with van der Waals surface area (Å²) < 4.78 is 1.19. The molecule has 3 nitrogen and oxygen atoms in total. The summed E-state index contributed by atoms with van der Waals surface area (Å²) in [5.74, 6) is 0.716. The molecule has 11 rings (SSSR count). The van der Waals surface area contributed by atoms with E-state index < -0.39 is 0 Å². The first-order chi connectivity index (χ1) is 28.2. The van der Waals surface area contributed by atoms with Crippen molar-refractivity contribution in [3.05, 3.63) is 200 Å². The second-order valence-electron chi connectivity index (χ2n) is 14.3. The Kier molecular flexibility index (Phi) is 8.01. The maximum atomic E-state index is 5.13. The monoisotopic (exact) mass is 743 g/mol. The van der Waals surface area contributed by atoms with E-state index in [1.165, 1.54) is 54.1 Å². The van der Waals surface area contributed by atoms with Gasteiger partial charge in [0, 0.05) is 27.5 Å². The number of benzene rings is 9. The molecule has 0 radical (unpaired) electrons. The lowest BCUT2D eigenvalue weighted by molar-refractivity contribution is 1.23. The number of rotatable bonds is 6. The van der Waals surface area contributed by atoms with Gasteiger partial charge in [0.25, 0.3) is 0 Å². The minimum Gasteiger partial charge on any atom is -0.235 e. The third-order valence-corrected chi connectivity index (χ3v) is 12.0. The zero-order chi connectivity index (χ0) is 37.7. The van der Waals surface area contributed by atoms with Gasteiger partial charge in [0.2, 0.25) is 0 Å². The largest absolute Gasteiger partial charge is 0.235 e. The van der Waals surface area contributed by atoms with Crippen LogP contribution in [0.15, 0.2) is 200 Å².